The number of rotatable bonds is 6. The van der Waals surface area contributed by atoms with Crippen LogP contribution in [0.5, 0.6) is 0 Å². The van der Waals surface area contributed by atoms with Crippen LogP contribution in [-0.4, -0.2) is 45.3 Å². The van der Waals surface area contributed by atoms with Gasteiger partial charge in [-0.05, 0) is 81.1 Å². The third kappa shape index (κ3) is 3.68. The molecule has 0 aliphatic carbocycles. The van der Waals surface area contributed by atoms with Crippen molar-refractivity contribution in [2.45, 2.75) is 33.2 Å². The van der Waals surface area contributed by atoms with Crippen molar-refractivity contribution in [1.82, 2.24) is 24.9 Å². The highest BCUT2D eigenvalue weighted by molar-refractivity contribution is 14.1. The molecular formula is C19H25IN6. The van der Waals surface area contributed by atoms with Gasteiger partial charge in [0.25, 0.3) is 0 Å². The Labute approximate surface area is 168 Å². The molecule has 1 N–H and O–H groups in total. The van der Waals surface area contributed by atoms with E-state index in [-0.39, 0.29) is 5.54 Å². The highest BCUT2D eigenvalue weighted by Crippen LogP contribution is 2.27. The first-order chi connectivity index (χ1) is 12.4. The van der Waals surface area contributed by atoms with Crippen molar-refractivity contribution in [2.24, 2.45) is 0 Å². The Bertz CT molecular complexity index is 903. The molecule has 0 aromatic carbocycles. The first-order valence-corrected chi connectivity index (χ1v) is 9.84. The molecule has 0 aliphatic rings. The maximum atomic E-state index is 4.90. The molecule has 0 amide bonds. The molecule has 0 saturated carbocycles. The minimum Gasteiger partial charge on any atom is -0.354 e. The number of pyridine rings is 1. The van der Waals surface area contributed by atoms with Gasteiger partial charge in [-0.2, -0.15) is 0 Å². The van der Waals surface area contributed by atoms with Crippen molar-refractivity contribution in [3.05, 3.63) is 39.9 Å². The second-order valence-electron chi connectivity index (χ2n) is 7.06. The fourth-order valence-electron chi connectivity index (χ4n) is 2.89. The zero-order valence-corrected chi connectivity index (χ0v) is 18.1. The number of aromatic nitrogens is 4. The molecule has 0 aliphatic heterocycles. The molecule has 3 aromatic rings. The molecule has 0 bridgehead atoms. The second kappa shape index (κ2) is 7.48. The summed E-state index contributed by atoms with van der Waals surface area (Å²) in [5, 5.41) is 8.27. The standard InChI is InChI=1S/C19H25IN6/c1-6-25(12-19(3,4)21-5)15-11-13(2)18-23-16(17(20)26(18)24-15)14-7-9-22-10-8-14/h7-11,21H,6,12H2,1-5H3. The van der Waals surface area contributed by atoms with E-state index >= 15 is 0 Å². The lowest BCUT2D eigenvalue weighted by Crippen LogP contribution is -2.48. The van der Waals surface area contributed by atoms with E-state index in [1.807, 2.05) is 23.7 Å². The lowest BCUT2D eigenvalue weighted by molar-refractivity contribution is 0.420. The number of aryl methyl sites for hydroxylation is 1. The van der Waals surface area contributed by atoms with Crippen LogP contribution in [0.15, 0.2) is 30.6 Å². The molecule has 0 atom stereocenters. The number of hydrogen-bond acceptors (Lipinski definition) is 5. The number of nitrogens with zero attached hydrogens (tertiary/aromatic N) is 5. The van der Waals surface area contributed by atoms with E-state index in [2.05, 4.69) is 71.6 Å². The van der Waals surface area contributed by atoms with E-state index in [0.29, 0.717) is 0 Å². The van der Waals surface area contributed by atoms with Crippen molar-refractivity contribution >= 4 is 34.1 Å². The second-order valence-corrected chi connectivity index (χ2v) is 8.08. The fourth-order valence-corrected chi connectivity index (χ4v) is 3.66. The summed E-state index contributed by atoms with van der Waals surface area (Å²) in [5.74, 6) is 0.970. The zero-order chi connectivity index (χ0) is 18.9. The van der Waals surface area contributed by atoms with Crippen LogP contribution in [0, 0.1) is 10.6 Å². The third-order valence-electron chi connectivity index (χ3n) is 4.62. The highest BCUT2D eigenvalue weighted by Gasteiger charge is 2.22. The van der Waals surface area contributed by atoms with Gasteiger partial charge in [0.2, 0.25) is 0 Å². The van der Waals surface area contributed by atoms with Crippen LogP contribution in [0.25, 0.3) is 16.9 Å². The summed E-state index contributed by atoms with van der Waals surface area (Å²) in [7, 11) is 2.00. The molecule has 7 heteroatoms. The Hall–Kier alpha value is -1.74. The average Bonchev–Trinajstić information content (AvgIpc) is 2.98. The number of fused-ring (bicyclic) bond motifs is 1. The van der Waals surface area contributed by atoms with Crippen LogP contribution in [0.3, 0.4) is 0 Å². The molecule has 0 spiro atoms. The predicted octanol–water partition coefficient (Wildman–Crippen LogP) is 3.53. The molecule has 6 nitrogen and oxygen atoms in total. The molecule has 26 heavy (non-hydrogen) atoms. The van der Waals surface area contributed by atoms with Gasteiger partial charge in [0, 0.05) is 36.6 Å². The molecule has 0 saturated heterocycles. The lowest BCUT2D eigenvalue weighted by Gasteiger charge is -2.32. The van der Waals surface area contributed by atoms with Gasteiger partial charge in [0.1, 0.15) is 15.2 Å². The minimum absolute atomic E-state index is 0.00480. The Kier molecular flexibility index (Phi) is 5.47. The van der Waals surface area contributed by atoms with Gasteiger partial charge < -0.3 is 10.2 Å². The van der Waals surface area contributed by atoms with Gasteiger partial charge >= 0.3 is 0 Å². The molecule has 3 heterocycles. The summed E-state index contributed by atoms with van der Waals surface area (Å²) >= 11 is 2.33. The van der Waals surface area contributed by atoms with Crippen LogP contribution in [0.4, 0.5) is 5.82 Å². The SMILES string of the molecule is CCN(CC(C)(C)NC)c1cc(C)c2nc(-c3ccncc3)c(I)n2n1. The van der Waals surface area contributed by atoms with Crippen molar-refractivity contribution in [1.29, 1.82) is 0 Å². The summed E-state index contributed by atoms with van der Waals surface area (Å²) < 4.78 is 2.97. The molecule has 0 radical (unpaired) electrons. The van der Waals surface area contributed by atoms with Gasteiger partial charge in [-0.1, -0.05) is 0 Å². The van der Waals surface area contributed by atoms with E-state index in [4.69, 9.17) is 10.1 Å². The van der Waals surface area contributed by atoms with E-state index in [9.17, 15) is 0 Å². The Morgan fingerprint density at radius 2 is 1.96 bits per heavy atom. The molecular weight excluding hydrogens is 439 g/mol. The van der Waals surface area contributed by atoms with Gasteiger partial charge in [0.15, 0.2) is 5.65 Å². The van der Waals surface area contributed by atoms with Crippen molar-refractivity contribution in [3.63, 3.8) is 0 Å². The normalized spacial score (nSPS) is 11.9. The van der Waals surface area contributed by atoms with Gasteiger partial charge in [-0.3, -0.25) is 4.98 Å². The van der Waals surface area contributed by atoms with Crippen LogP contribution in [-0.2, 0) is 0 Å². The number of hydrogen-bond donors (Lipinski definition) is 1. The third-order valence-corrected chi connectivity index (χ3v) is 5.59. The van der Waals surface area contributed by atoms with Crippen LogP contribution in [0.2, 0.25) is 0 Å². The monoisotopic (exact) mass is 464 g/mol. The van der Waals surface area contributed by atoms with E-state index in [1.165, 1.54) is 0 Å². The number of nitrogens with one attached hydrogen (secondary N) is 1. The quantitative estimate of drug-likeness (QED) is 0.566. The highest BCUT2D eigenvalue weighted by atomic mass is 127. The van der Waals surface area contributed by atoms with Crippen molar-refractivity contribution < 1.29 is 0 Å². The minimum atomic E-state index is 0.00480. The van der Waals surface area contributed by atoms with E-state index in [1.54, 1.807) is 12.4 Å². The fraction of sp³-hybridized carbons (Fsp3) is 0.421. The van der Waals surface area contributed by atoms with E-state index < -0.39 is 0 Å². The summed E-state index contributed by atoms with van der Waals surface area (Å²) in [5.41, 5.74) is 4.02. The van der Waals surface area contributed by atoms with Crippen molar-refractivity contribution in [2.75, 3.05) is 25.0 Å². The van der Waals surface area contributed by atoms with E-state index in [0.717, 1.165) is 45.1 Å². The van der Waals surface area contributed by atoms with Crippen LogP contribution in [0.1, 0.15) is 26.3 Å². The topological polar surface area (TPSA) is 58.3 Å². The molecule has 138 valence electrons. The van der Waals surface area contributed by atoms with Crippen LogP contribution < -0.4 is 10.2 Å². The van der Waals surface area contributed by atoms with Crippen molar-refractivity contribution in [3.8, 4) is 11.3 Å². The first kappa shape index (κ1) is 19.0. The molecule has 3 rings (SSSR count). The lowest BCUT2D eigenvalue weighted by atomic mass is 10.1. The Balaban J connectivity index is 2.08. The number of likely N-dealkylation sites (N-methyl/N-ethyl adjacent to an activating group) is 2. The summed E-state index contributed by atoms with van der Waals surface area (Å²) in [6.45, 7) is 10.4. The largest absolute Gasteiger partial charge is 0.354 e. The first-order valence-electron chi connectivity index (χ1n) is 8.76. The maximum absolute atomic E-state index is 4.90. The molecule has 0 unspecified atom stereocenters. The van der Waals surface area contributed by atoms with Gasteiger partial charge in [0.05, 0.1) is 0 Å². The predicted molar refractivity (Wildman–Crippen MR) is 115 cm³/mol. The zero-order valence-electron chi connectivity index (χ0n) is 15.9. The summed E-state index contributed by atoms with van der Waals surface area (Å²) in [6, 6.07) is 6.09. The van der Waals surface area contributed by atoms with Gasteiger partial charge in [-0.25, -0.2) is 9.50 Å². The number of halogens is 1. The number of imidazole rings is 1. The maximum Gasteiger partial charge on any atom is 0.158 e. The number of anilines is 1. The summed E-state index contributed by atoms with van der Waals surface area (Å²) in [6.07, 6.45) is 3.58. The average molecular weight is 464 g/mol. The van der Waals surface area contributed by atoms with Crippen LogP contribution >= 0.6 is 22.6 Å². The van der Waals surface area contributed by atoms with Gasteiger partial charge in [-0.15, -0.1) is 5.10 Å². The Morgan fingerprint density at radius 1 is 1.27 bits per heavy atom. The summed E-state index contributed by atoms with van der Waals surface area (Å²) in [4.78, 5) is 11.2. The Morgan fingerprint density at radius 3 is 2.58 bits per heavy atom. The molecule has 0 fully saturated rings. The molecule has 3 aromatic heterocycles. The smallest absolute Gasteiger partial charge is 0.158 e.